The van der Waals surface area contributed by atoms with Gasteiger partial charge in [0.05, 0.1) is 10.6 Å². The minimum atomic E-state index is -0.481. The van der Waals surface area contributed by atoms with Gasteiger partial charge in [0.15, 0.2) is 0 Å². The minimum absolute atomic E-state index is 0.0751. The highest BCUT2D eigenvalue weighted by atomic mass is 35.5. The molecule has 0 aliphatic carbocycles. The van der Waals surface area contributed by atoms with E-state index in [4.69, 9.17) is 11.6 Å². The molecule has 0 spiro atoms. The average Bonchev–Trinajstić information content (AvgIpc) is 2.56. The number of benzene rings is 3. The molecule has 0 bridgehead atoms. The first-order chi connectivity index (χ1) is 11.6. The van der Waals surface area contributed by atoms with E-state index in [9.17, 15) is 9.18 Å². The van der Waals surface area contributed by atoms with Crippen LogP contribution in [0.2, 0.25) is 5.02 Å². The normalized spacial score (nSPS) is 10.2. The van der Waals surface area contributed by atoms with Crippen LogP contribution in [0.1, 0.15) is 10.4 Å². The zero-order valence-corrected chi connectivity index (χ0v) is 13.3. The number of carbonyl (C=O) groups is 1. The van der Waals surface area contributed by atoms with E-state index in [0.29, 0.717) is 5.69 Å². The van der Waals surface area contributed by atoms with E-state index in [-0.39, 0.29) is 10.6 Å². The maximum atomic E-state index is 13.1. The standard InChI is InChI=1S/C19H14ClFN2O/c20-18-11-13(21)9-10-17(18)19(24)23-16-8-4-7-15(12-16)22-14-5-2-1-3-6-14/h1-12,22H,(H,23,24). The summed E-state index contributed by atoms with van der Waals surface area (Å²) in [6.07, 6.45) is 0. The fraction of sp³-hybridized carbons (Fsp3) is 0. The van der Waals surface area contributed by atoms with Crippen molar-refractivity contribution in [1.82, 2.24) is 0 Å². The summed E-state index contributed by atoms with van der Waals surface area (Å²) in [5, 5.41) is 6.08. The van der Waals surface area contributed by atoms with Crippen LogP contribution < -0.4 is 10.6 Å². The molecule has 24 heavy (non-hydrogen) atoms. The molecule has 2 N–H and O–H groups in total. The Hall–Kier alpha value is -2.85. The number of rotatable bonds is 4. The predicted octanol–water partition coefficient (Wildman–Crippen LogP) is 5.48. The van der Waals surface area contributed by atoms with E-state index >= 15 is 0 Å². The quantitative estimate of drug-likeness (QED) is 0.660. The van der Waals surface area contributed by atoms with Gasteiger partial charge in [-0.05, 0) is 48.5 Å². The summed E-state index contributed by atoms with van der Waals surface area (Å²) >= 11 is 5.92. The van der Waals surface area contributed by atoms with Crippen molar-refractivity contribution < 1.29 is 9.18 Å². The van der Waals surface area contributed by atoms with Gasteiger partial charge < -0.3 is 10.6 Å². The van der Waals surface area contributed by atoms with Crippen molar-refractivity contribution in [2.45, 2.75) is 0 Å². The number of hydrogen-bond acceptors (Lipinski definition) is 2. The smallest absolute Gasteiger partial charge is 0.257 e. The van der Waals surface area contributed by atoms with Gasteiger partial charge >= 0.3 is 0 Å². The Bertz CT molecular complexity index is 868. The third kappa shape index (κ3) is 3.91. The van der Waals surface area contributed by atoms with Crippen LogP contribution in [-0.2, 0) is 0 Å². The lowest BCUT2D eigenvalue weighted by atomic mass is 10.2. The van der Waals surface area contributed by atoms with Gasteiger partial charge in [0, 0.05) is 17.1 Å². The lowest BCUT2D eigenvalue weighted by Gasteiger charge is -2.10. The first-order valence-corrected chi connectivity index (χ1v) is 7.68. The van der Waals surface area contributed by atoms with Crippen LogP contribution in [0, 0.1) is 5.82 Å². The second-order valence-electron chi connectivity index (χ2n) is 5.15. The highest BCUT2D eigenvalue weighted by molar-refractivity contribution is 6.34. The highest BCUT2D eigenvalue weighted by Gasteiger charge is 2.11. The summed E-state index contributed by atoms with van der Waals surface area (Å²) in [6, 6.07) is 20.7. The topological polar surface area (TPSA) is 41.1 Å². The van der Waals surface area contributed by atoms with Gasteiger partial charge in [0.1, 0.15) is 5.82 Å². The van der Waals surface area contributed by atoms with Crippen molar-refractivity contribution in [1.29, 1.82) is 0 Å². The largest absolute Gasteiger partial charge is 0.355 e. The first kappa shape index (κ1) is 16.0. The van der Waals surface area contributed by atoms with E-state index in [0.717, 1.165) is 17.4 Å². The van der Waals surface area contributed by atoms with Crippen LogP contribution in [0.5, 0.6) is 0 Å². The molecule has 120 valence electrons. The van der Waals surface area contributed by atoms with E-state index in [2.05, 4.69) is 10.6 Å². The summed E-state index contributed by atoms with van der Waals surface area (Å²) in [7, 11) is 0. The third-order valence-electron chi connectivity index (χ3n) is 3.36. The van der Waals surface area contributed by atoms with Crippen LogP contribution in [0.15, 0.2) is 72.8 Å². The SMILES string of the molecule is O=C(Nc1cccc(Nc2ccccc2)c1)c1ccc(F)cc1Cl. The fourth-order valence-electron chi connectivity index (χ4n) is 2.23. The van der Waals surface area contributed by atoms with Gasteiger partial charge in [-0.3, -0.25) is 4.79 Å². The number of carbonyl (C=O) groups excluding carboxylic acids is 1. The number of hydrogen-bond donors (Lipinski definition) is 2. The molecule has 0 saturated heterocycles. The zero-order valence-electron chi connectivity index (χ0n) is 12.6. The Kier molecular flexibility index (Phi) is 4.77. The molecule has 0 radical (unpaired) electrons. The minimum Gasteiger partial charge on any atom is -0.355 e. The molecule has 0 unspecified atom stereocenters. The summed E-state index contributed by atoms with van der Waals surface area (Å²) in [4.78, 5) is 12.3. The molecule has 3 nitrogen and oxygen atoms in total. The van der Waals surface area contributed by atoms with Crippen molar-refractivity contribution in [2.24, 2.45) is 0 Å². The monoisotopic (exact) mass is 340 g/mol. The summed E-state index contributed by atoms with van der Waals surface area (Å²) in [6.45, 7) is 0. The molecule has 0 saturated carbocycles. The molecular weight excluding hydrogens is 327 g/mol. The van der Waals surface area contributed by atoms with Gasteiger partial charge in [0.2, 0.25) is 0 Å². The maximum absolute atomic E-state index is 13.1. The van der Waals surface area contributed by atoms with Gasteiger partial charge in [-0.1, -0.05) is 35.9 Å². The molecule has 5 heteroatoms. The van der Waals surface area contributed by atoms with Crippen LogP contribution in [0.4, 0.5) is 21.5 Å². The van der Waals surface area contributed by atoms with Gasteiger partial charge in [0.25, 0.3) is 5.91 Å². The number of halogens is 2. The lowest BCUT2D eigenvalue weighted by Crippen LogP contribution is -2.12. The number of amides is 1. The number of anilines is 3. The van der Waals surface area contributed by atoms with Crippen molar-refractivity contribution in [3.8, 4) is 0 Å². The lowest BCUT2D eigenvalue weighted by molar-refractivity contribution is 0.102. The second-order valence-corrected chi connectivity index (χ2v) is 5.56. The van der Waals surface area contributed by atoms with Crippen molar-refractivity contribution in [3.05, 3.63) is 89.2 Å². The van der Waals surface area contributed by atoms with Crippen molar-refractivity contribution >= 4 is 34.6 Å². The van der Waals surface area contributed by atoms with Crippen LogP contribution in [0.25, 0.3) is 0 Å². The molecule has 0 aromatic heterocycles. The van der Waals surface area contributed by atoms with Crippen molar-refractivity contribution in [3.63, 3.8) is 0 Å². The van der Waals surface area contributed by atoms with E-state index in [1.807, 2.05) is 48.5 Å². The number of nitrogens with one attached hydrogen (secondary N) is 2. The average molecular weight is 341 g/mol. The van der Waals surface area contributed by atoms with E-state index in [1.54, 1.807) is 6.07 Å². The van der Waals surface area contributed by atoms with Gasteiger partial charge in [-0.2, -0.15) is 0 Å². The molecule has 3 rings (SSSR count). The van der Waals surface area contributed by atoms with Gasteiger partial charge in [-0.15, -0.1) is 0 Å². The van der Waals surface area contributed by atoms with Gasteiger partial charge in [-0.25, -0.2) is 4.39 Å². The maximum Gasteiger partial charge on any atom is 0.257 e. The molecule has 0 atom stereocenters. The predicted molar refractivity (Wildman–Crippen MR) is 95.5 cm³/mol. The van der Waals surface area contributed by atoms with Crippen LogP contribution >= 0.6 is 11.6 Å². The molecule has 3 aromatic rings. The molecule has 0 aliphatic heterocycles. The summed E-state index contributed by atoms with van der Waals surface area (Å²) < 4.78 is 13.1. The number of para-hydroxylation sites is 1. The Morgan fingerprint density at radius 3 is 2.29 bits per heavy atom. The second kappa shape index (κ2) is 7.15. The summed E-state index contributed by atoms with van der Waals surface area (Å²) in [5.41, 5.74) is 2.62. The Balaban J connectivity index is 1.75. The third-order valence-corrected chi connectivity index (χ3v) is 3.67. The van der Waals surface area contributed by atoms with E-state index < -0.39 is 11.7 Å². The first-order valence-electron chi connectivity index (χ1n) is 7.30. The van der Waals surface area contributed by atoms with Crippen LogP contribution in [0.3, 0.4) is 0 Å². The Morgan fingerprint density at radius 1 is 0.833 bits per heavy atom. The molecule has 3 aromatic carbocycles. The molecule has 0 fully saturated rings. The molecule has 1 amide bonds. The molecular formula is C19H14ClFN2O. The zero-order chi connectivity index (χ0) is 16.9. The highest BCUT2D eigenvalue weighted by Crippen LogP contribution is 2.22. The van der Waals surface area contributed by atoms with E-state index in [1.165, 1.54) is 12.1 Å². The molecule has 0 aliphatic rings. The fourth-order valence-corrected chi connectivity index (χ4v) is 2.49. The van der Waals surface area contributed by atoms with Crippen LogP contribution in [-0.4, -0.2) is 5.91 Å². The molecule has 0 heterocycles. The summed E-state index contributed by atoms with van der Waals surface area (Å²) in [5.74, 6) is -0.873. The Labute approximate surface area is 144 Å². The van der Waals surface area contributed by atoms with Crippen molar-refractivity contribution in [2.75, 3.05) is 10.6 Å². The Morgan fingerprint density at radius 2 is 1.54 bits per heavy atom.